The van der Waals surface area contributed by atoms with Crippen molar-refractivity contribution in [3.05, 3.63) is 323 Å². The number of nitrogens with one attached hydrogen (secondary N) is 10. The molecule has 10 heterocycles. The monoisotopic (exact) mass is 2070 g/mol. The van der Waals surface area contributed by atoms with Gasteiger partial charge in [0.2, 0.25) is 63.5 Å². The molecule has 5 aliphatic heterocycles. The SMILES string of the molecule is O=C(Nc1ccc2[nH]cc(-c3ccccc3)c2c1)C1(c2ccc3c(c2)OCO3)CC1.O=C(Nc1ccc2[nH]cc(Br)c2c1)C1(c2ccc3c(c2)OCO3)CC1.O=C(Nc1ccc2[nH]cc(Br)c2c1)C1(c2ccc3c(c2)OCO3)CC1.O=C(Nc1ccc2[nH]ccc2c1)C1(c2ccc3c(c2)OCO3)CC1.O=C(Nc1ccc2[nH]ccc2c1)C1(c2ccc3c(c2)OCO3)CC1.OB(O)c1ccccc1.[B]=NS.[B]=NS. The minimum absolute atomic E-state index is 0.0253. The van der Waals surface area contributed by atoms with Gasteiger partial charge in [0.15, 0.2) is 57.5 Å². The van der Waals surface area contributed by atoms with Crippen molar-refractivity contribution in [1.29, 1.82) is 0 Å². The molecule has 5 aliphatic carbocycles. The molecular formula is C107H91B3Br2N12O17S2. The fourth-order valence-electron chi connectivity index (χ4n) is 18.4. The predicted octanol–water partition coefficient (Wildman–Crippen LogP) is 20.8. The zero-order valence-corrected chi connectivity index (χ0v) is 81.5. The Bertz CT molecular complexity index is 7410. The molecule has 2 radical (unpaired) electrons. The first kappa shape index (κ1) is 95.6. The van der Waals surface area contributed by atoms with Gasteiger partial charge < -0.3 is 109 Å². The maximum atomic E-state index is 13.2. The van der Waals surface area contributed by atoms with E-state index in [1.165, 1.54) is 0 Å². The molecule has 5 fully saturated rings. The van der Waals surface area contributed by atoms with E-state index in [1.54, 1.807) is 24.3 Å². The Morgan fingerprint density at radius 3 is 0.853 bits per heavy atom. The number of nitrogens with zero attached hydrogens (tertiary/aromatic N) is 2. The molecule has 143 heavy (non-hydrogen) atoms. The second-order valence-electron chi connectivity index (χ2n) is 35.7. The quantitative estimate of drug-likeness (QED) is 0.0297. The van der Waals surface area contributed by atoms with Crippen molar-refractivity contribution in [2.75, 3.05) is 60.5 Å². The van der Waals surface area contributed by atoms with Gasteiger partial charge in [-0.2, -0.15) is 0 Å². The number of anilines is 5. The normalized spacial score (nSPS) is 15.7. The summed E-state index contributed by atoms with van der Waals surface area (Å²) in [5, 5.41) is 37.9. The number of thiol groups is 2. The molecule has 0 atom stereocenters. The van der Waals surface area contributed by atoms with Gasteiger partial charge in [0.25, 0.3) is 0 Å². The number of hydrogen-bond acceptors (Lipinski definition) is 21. The first-order chi connectivity index (χ1) is 69.7. The summed E-state index contributed by atoms with van der Waals surface area (Å²) in [4.78, 5) is 80.9. The predicted molar refractivity (Wildman–Crippen MR) is 563 cm³/mol. The Hall–Kier alpha value is -14.9. The van der Waals surface area contributed by atoms with Gasteiger partial charge in [-0.05, 0) is 299 Å². The molecule has 10 aliphatic rings. The number of hydrogen-bond donors (Lipinski definition) is 14. The zero-order chi connectivity index (χ0) is 98.6. The van der Waals surface area contributed by atoms with Crippen molar-refractivity contribution >= 4 is 198 Å². The van der Waals surface area contributed by atoms with E-state index in [1.807, 2.05) is 249 Å². The summed E-state index contributed by atoms with van der Waals surface area (Å²) in [6.07, 6.45) is 18.0. The van der Waals surface area contributed by atoms with Crippen molar-refractivity contribution in [3.8, 4) is 68.6 Å². The molecule has 5 aromatic heterocycles. The Labute approximate surface area is 849 Å². The summed E-state index contributed by atoms with van der Waals surface area (Å²) in [5.41, 5.74) is 14.7. The average molecular weight is 2070 g/mol. The number of aromatic nitrogens is 5. The third-order valence-corrected chi connectivity index (χ3v) is 28.4. The number of rotatable bonds is 17. The van der Waals surface area contributed by atoms with Crippen LogP contribution in [0.4, 0.5) is 28.4 Å². The molecule has 716 valence electrons. The third kappa shape index (κ3) is 20.3. The fraction of sp³-hybridized carbons (Fsp3) is 0.187. The molecule has 5 saturated carbocycles. The maximum absolute atomic E-state index is 13.2. The third-order valence-electron chi connectivity index (χ3n) is 27.1. The van der Waals surface area contributed by atoms with Crippen LogP contribution in [-0.2, 0) is 51.0 Å². The van der Waals surface area contributed by atoms with E-state index in [-0.39, 0.29) is 63.5 Å². The summed E-state index contributed by atoms with van der Waals surface area (Å²) in [7, 11) is 7.33. The number of H-pyrrole nitrogens is 5. The van der Waals surface area contributed by atoms with Crippen molar-refractivity contribution in [2.45, 2.75) is 91.3 Å². The zero-order valence-electron chi connectivity index (χ0n) is 76.5. The molecule has 0 unspecified atom stereocenters. The summed E-state index contributed by atoms with van der Waals surface area (Å²) >= 11 is 13.4. The van der Waals surface area contributed by atoms with Crippen molar-refractivity contribution in [2.24, 2.45) is 8.60 Å². The van der Waals surface area contributed by atoms with E-state index < -0.39 is 34.2 Å². The molecular weight excluding hydrogens is 1980 g/mol. The Balaban J connectivity index is 0.000000105. The Morgan fingerprint density at radius 1 is 0.308 bits per heavy atom. The minimum atomic E-state index is -1.34. The number of benzene rings is 12. The van der Waals surface area contributed by atoms with E-state index in [4.69, 9.17) is 57.4 Å². The molecule has 12 N–H and O–H groups in total. The summed E-state index contributed by atoms with van der Waals surface area (Å²) in [6, 6.07) is 81.3. The van der Waals surface area contributed by atoms with Crippen molar-refractivity contribution < 1.29 is 81.4 Å². The van der Waals surface area contributed by atoms with Gasteiger partial charge in [0.1, 0.15) is 0 Å². The van der Waals surface area contributed by atoms with Crippen LogP contribution in [0, 0.1) is 0 Å². The average Bonchev–Trinajstić information content (AvgIpc) is 1.59. The number of halogens is 2. The first-order valence-corrected chi connectivity index (χ1v) is 48.5. The van der Waals surface area contributed by atoms with Gasteiger partial charge in [-0.25, -0.2) is 0 Å². The molecule has 0 spiro atoms. The van der Waals surface area contributed by atoms with Crippen LogP contribution in [-0.4, -0.2) is 121 Å². The van der Waals surface area contributed by atoms with Crippen molar-refractivity contribution in [3.63, 3.8) is 0 Å². The van der Waals surface area contributed by atoms with E-state index >= 15 is 0 Å². The van der Waals surface area contributed by atoms with Crippen molar-refractivity contribution in [1.82, 2.24) is 24.9 Å². The van der Waals surface area contributed by atoms with Gasteiger partial charge >= 0.3 is 56.6 Å². The standard InChI is InChI=1S/C25H20N2O3.2C19H15BrN2O3.2C19H16N2O3.C6H7BO2.2BHNS/c28-24(25(10-11-25)17-6-9-22-23(12-17)30-15-29-22)27-18-7-8-21-19(13-18)20(14-26-21)16-4-2-1-3-5-16;2*20-14-9-21-15-3-2-12(8-13(14)15)22-18(23)19(5-6-19)11-1-4-16-17(7-11)25-10-24-16;2*22-18(21-14-2-3-15-12(9-14)5-8-20-15)19(6-7-19)13-1-4-16-17(10-13)24-11-23-16;8-7(9)6-4-2-1-3-5-6;2*1-2-3/h1-9,12-14,26H,10-11,15H2,(H,27,28);2*1-4,7-9,21H,5-6,10H2,(H,22,23);2*1-5,8-10,20H,6-7,11H2,(H,21,22);1-5,8-9H;2*3H. The molecule has 0 saturated heterocycles. The van der Waals surface area contributed by atoms with Crippen LogP contribution in [0.2, 0.25) is 0 Å². The molecule has 5 amide bonds. The number of fused-ring (bicyclic) bond motifs is 10. The van der Waals surface area contributed by atoms with E-state index in [2.05, 4.69) is 145 Å². The molecule has 29 nitrogen and oxygen atoms in total. The van der Waals surface area contributed by atoms with Crippen LogP contribution in [0.25, 0.3) is 65.6 Å². The van der Waals surface area contributed by atoms with Gasteiger partial charge in [-0.3, -0.25) is 24.0 Å². The van der Waals surface area contributed by atoms with Gasteiger partial charge in [-0.1, -0.05) is 91.0 Å². The van der Waals surface area contributed by atoms with Gasteiger partial charge in [0, 0.05) is 128 Å². The van der Waals surface area contributed by atoms with Gasteiger partial charge in [-0.15, -0.1) is 0 Å². The number of carbonyl (C=O) groups is 5. The number of amides is 5. The van der Waals surface area contributed by atoms with Crippen LogP contribution in [0.15, 0.2) is 303 Å². The fourth-order valence-corrected chi connectivity index (χ4v) is 19.2. The summed E-state index contributed by atoms with van der Waals surface area (Å²) in [6.45, 7) is 1.20. The number of ether oxygens (including phenoxy) is 10. The number of carbonyl (C=O) groups excluding carboxylic acids is 5. The second kappa shape index (κ2) is 40.9. The van der Waals surface area contributed by atoms with Crippen LogP contribution in [0.5, 0.6) is 57.5 Å². The van der Waals surface area contributed by atoms with Gasteiger partial charge in [0.05, 0.1) is 27.1 Å². The van der Waals surface area contributed by atoms with Crippen LogP contribution in [0.1, 0.15) is 92.0 Å². The Kier molecular flexibility index (Phi) is 27.4. The Morgan fingerprint density at radius 2 is 0.566 bits per heavy atom. The molecule has 36 heteroatoms. The van der Waals surface area contributed by atoms with E-state index in [9.17, 15) is 24.0 Å². The molecule has 0 bridgehead atoms. The molecule has 27 rings (SSSR count). The molecule has 12 aromatic carbocycles. The summed E-state index contributed by atoms with van der Waals surface area (Å²) < 4.78 is 61.4. The van der Waals surface area contributed by atoms with Crippen LogP contribution >= 0.6 is 57.5 Å². The molecule has 17 aromatic rings. The second-order valence-corrected chi connectivity index (χ2v) is 37.9. The number of aromatic amines is 5. The topological polar surface area (TPSA) is 382 Å². The first-order valence-electron chi connectivity index (χ1n) is 46.1. The van der Waals surface area contributed by atoms with E-state index in [0.29, 0.717) is 22.7 Å². The van der Waals surface area contributed by atoms with E-state index in [0.717, 1.165) is 235 Å². The van der Waals surface area contributed by atoms with Crippen LogP contribution < -0.4 is 79.4 Å². The summed E-state index contributed by atoms with van der Waals surface area (Å²) in [5.74, 6) is 7.45. The van der Waals surface area contributed by atoms with Crippen LogP contribution in [0.3, 0.4) is 0 Å².